The predicted molar refractivity (Wildman–Crippen MR) is 148 cm³/mol. The minimum Gasteiger partial charge on any atom is -0.493 e. The van der Waals surface area contributed by atoms with E-state index in [0.717, 1.165) is 38.0 Å². The number of nitrogens with zero attached hydrogens (tertiary/aromatic N) is 2. The number of esters is 2. The fourth-order valence-electron chi connectivity index (χ4n) is 6.12. The zero-order valence-corrected chi connectivity index (χ0v) is 22.9. The van der Waals surface area contributed by atoms with Gasteiger partial charge in [0, 0.05) is 47.6 Å². The van der Waals surface area contributed by atoms with Crippen molar-refractivity contribution in [1.29, 1.82) is 0 Å². The highest BCUT2D eigenvalue weighted by Gasteiger charge is 2.41. The van der Waals surface area contributed by atoms with Crippen molar-refractivity contribution in [3.63, 3.8) is 0 Å². The minimum atomic E-state index is -1.65. The molecule has 0 radical (unpaired) electrons. The van der Waals surface area contributed by atoms with E-state index in [1.807, 2.05) is 0 Å². The van der Waals surface area contributed by atoms with Crippen molar-refractivity contribution in [2.75, 3.05) is 20.3 Å². The second-order valence-corrected chi connectivity index (χ2v) is 11.1. The maximum atomic E-state index is 12.8. The van der Waals surface area contributed by atoms with E-state index in [1.165, 1.54) is 47.9 Å². The second kappa shape index (κ2) is 11.4. The summed E-state index contributed by atoms with van der Waals surface area (Å²) in [6.45, 7) is 1.47. The number of fused-ring (bicyclic) bond motifs is 3. The number of hydrogen-bond acceptors (Lipinski definition) is 10. The number of ether oxygens (including phenoxy) is 4. The molecule has 0 N–H and O–H groups in total. The Hall–Kier alpha value is -3.76. The molecule has 2 fully saturated rings. The monoisotopic (exact) mass is 562 g/mol. The first-order chi connectivity index (χ1) is 19.5. The van der Waals surface area contributed by atoms with Crippen LogP contribution in [0, 0.1) is 0 Å². The molecule has 0 amide bonds. The number of piperidine rings is 1. The highest BCUT2D eigenvalue weighted by molar-refractivity contribution is 7.13. The molecule has 9 nitrogen and oxygen atoms in total. The molecule has 10 heteroatoms. The van der Waals surface area contributed by atoms with Gasteiger partial charge in [-0.3, -0.25) is 9.69 Å². The van der Waals surface area contributed by atoms with E-state index >= 15 is 0 Å². The van der Waals surface area contributed by atoms with E-state index < -0.39 is 24.0 Å². The van der Waals surface area contributed by atoms with Crippen molar-refractivity contribution >= 4 is 39.3 Å². The number of Topliss-reactive ketones (excluding diaryl/α,β-unsaturated/α-hetero) is 1. The predicted octanol–water partition coefficient (Wildman–Crippen LogP) is 4.65. The number of ketones is 1. The van der Waals surface area contributed by atoms with Crippen LogP contribution in [0.25, 0.3) is 10.1 Å². The summed E-state index contributed by atoms with van der Waals surface area (Å²) in [6.07, 6.45) is 5.81. The molecule has 2 unspecified atom stereocenters. The third-order valence-electron chi connectivity index (χ3n) is 7.96. The Kier molecular flexibility index (Phi) is 7.53. The first-order valence-corrected chi connectivity index (χ1v) is 14.3. The summed E-state index contributed by atoms with van der Waals surface area (Å²) in [5.41, 5.74) is 1.45. The van der Waals surface area contributed by atoms with Gasteiger partial charge in [0.1, 0.15) is 0 Å². The molecule has 3 aliphatic rings. The molecule has 1 aromatic heterocycles. The first-order valence-electron chi connectivity index (χ1n) is 13.5. The van der Waals surface area contributed by atoms with Gasteiger partial charge in [0.15, 0.2) is 11.5 Å². The van der Waals surface area contributed by atoms with Gasteiger partial charge in [-0.2, -0.15) is 4.37 Å². The molecule has 4 heterocycles. The zero-order valence-electron chi connectivity index (χ0n) is 22.1. The van der Waals surface area contributed by atoms with E-state index in [0.29, 0.717) is 36.1 Å². The summed E-state index contributed by atoms with van der Waals surface area (Å²) in [7, 11) is 1.49. The summed E-state index contributed by atoms with van der Waals surface area (Å²) in [4.78, 5) is 38.7. The topological polar surface area (TPSA) is 104 Å². The molecule has 2 atom stereocenters. The molecule has 40 heavy (non-hydrogen) atoms. The van der Waals surface area contributed by atoms with Crippen LogP contribution in [0.4, 0.5) is 0 Å². The number of methoxy groups -OCH3 is 1. The maximum absolute atomic E-state index is 12.8. The summed E-state index contributed by atoms with van der Waals surface area (Å²) in [5, 5.41) is 1.31. The summed E-state index contributed by atoms with van der Waals surface area (Å²) in [5.74, 6) is -0.928. The Balaban J connectivity index is 1.03. The van der Waals surface area contributed by atoms with E-state index in [1.54, 1.807) is 17.6 Å². The van der Waals surface area contributed by atoms with Crippen molar-refractivity contribution in [3.05, 3.63) is 65.9 Å². The van der Waals surface area contributed by atoms with Gasteiger partial charge in [0.25, 0.3) is 0 Å². The largest absolute Gasteiger partial charge is 0.493 e. The fraction of sp³-hybridized carbons (Fsp3) is 0.400. The normalized spacial score (nSPS) is 23.1. The molecular formula is C30H30N2O7S. The Labute approximate surface area is 235 Å². The lowest BCUT2D eigenvalue weighted by atomic mass is 9.87. The third kappa shape index (κ3) is 5.33. The van der Waals surface area contributed by atoms with E-state index in [2.05, 4.69) is 29.2 Å². The molecule has 0 saturated carbocycles. The summed E-state index contributed by atoms with van der Waals surface area (Å²) < 4.78 is 27.4. The number of hydrogen-bond donors (Lipinski definition) is 0. The second-order valence-electron chi connectivity index (χ2n) is 10.3. The van der Waals surface area contributed by atoms with Crippen LogP contribution in [0.5, 0.6) is 11.5 Å². The molecule has 0 spiro atoms. The number of carbonyl (C=O) groups is 3. The lowest BCUT2D eigenvalue weighted by Gasteiger charge is -2.38. The van der Waals surface area contributed by atoms with Gasteiger partial charge in [0.05, 0.1) is 24.1 Å². The van der Waals surface area contributed by atoms with Gasteiger partial charge >= 0.3 is 18.2 Å². The van der Waals surface area contributed by atoms with Crippen molar-refractivity contribution in [3.8, 4) is 11.5 Å². The Morgan fingerprint density at radius 1 is 1.02 bits per heavy atom. The smallest absolute Gasteiger partial charge is 0.334 e. The van der Waals surface area contributed by atoms with Gasteiger partial charge in [-0.05, 0) is 67.9 Å². The van der Waals surface area contributed by atoms with Crippen molar-refractivity contribution in [2.24, 2.45) is 0 Å². The first kappa shape index (κ1) is 26.5. The zero-order chi connectivity index (χ0) is 27.6. The van der Waals surface area contributed by atoms with Crippen LogP contribution in [-0.2, 0) is 19.1 Å². The van der Waals surface area contributed by atoms with Crippen LogP contribution >= 0.6 is 11.5 Å². The molecule has 2 aromatic carbocycles. The Bertz CT molecular complexity index is 1430. The van der Waals surface area contributed by atoms with Crippen LogP contribution in [0.15, 0.2) is 54.6 Å². The van der Waals surface area contributed by atoms with Gasteiger partial charge in [-0.15, -0.1) is 0 Å². The molecule has 2 bridgehead atoms. The van der Waals surface area contributed by atoms with Crippen molar-refractivity contribution < 1.29 is 33.3 Å². The number of cyclic esters (lactones) is 2. The summed E-state index contributed by atoms with van der Waals surface area (Å²) in [6, 6.07) is 14.4. The average molecular weight is 563 g/mol. The molecule has 3 aromatic rings. The molecule has 0 aliphatic carbocycles. The highest BCUT2D eigenvalue weighted by atomic mass is 32.1. The van der Waals surface area contributed by atoms with Crippen LogP contribution in [0.1, 0.15) is 54.1 Å². The Morgan fingerprint density at radius 2 is 1.75 bits per heavy atom. The lowest BCUT2D eigenvalue weighted by molar-refractivity contribution is -0.169. The molecule has 208 valence electrons. The fourth-order valence-corrected chi connectivity index (χ4v) is 6.98. The number of rotatable bonds is 9. The van der Waals surface area contributed by atoms with Crippen LogP contribution < -0.4 is 9.47 Å². The quantitative estimate of drug-likeness (QED) is 0.209. The highest BCUT2D eigenvalue weighted by Crippen LogP contribution is 2.44. The lowest BCUT2D eigenvalue weighted by Crippen LogP contribution is -2.43. The van der Waals surface area contributed by atoms with Crippen molar-refractivity contribution in [1.82, 2.24) is 9.27 Å². The molecular weight excluding hydrogens is 532 g/mol. The van der Waals surface area contributed by atoms with E-state index in [-0.39, 0.29) is 5.56 Å². The van der Waals surface area contributed by atoms with Gasteiger partial charge in [-0.25, -0.2) is 9.59 Å². The van der Waals surface area contributed by atoms with E-state index in [9.17, 15) is 14.4 Å². The maximum Gasteiger partial charge on any atom is 0.334 e. The minimum absolute atomic E-state index is 0.170. The van der Waals surface area contributed by atoms with Crippen LogP contribution in [0.3, 0.4) is 0 Å². The molecule has 6 rings (SSSR count). The van der Waals surface area contributed by atoms with Gasteiger partial charge in [-0.1, -0.05) is 18.2 Å². The third-order valence-corrected chi connectivity index (χ3v) is 8.80. The molecule has 2 saturated heterocycles. The van der Waals surface area contributed by atoms with Crippen LogP contribution in [0.2, 0.25) is 0 Å². The number of aromatic nitrogens is 1. The van der Waals surface area contributed by atoms with Gasteiger partial charge in [0.2, 0.25) is 5.78 Å². The standard InChI is InChI=1S/C30H30N2O7S/c1-36-24-17-18(29(35)30-38-26(33)11-12-27(34)39-30)7-10-23(24)37-14-4-13-32-20-8-9-21(32)16-19(15-20)28-22-5-2-3-6-25(22)40-31-28/h2-3,5-7,10-12,17,19-21,30H,4,8-9,13-16H2,1H3. The van der Waals surface area contributed by atoms with Crippen molar-refractivity contribution in [2.45, 2.75) is 56.4 Å². The van der Waals surface area contributed by atoms with E-state index in [4.69, 9.17) is 23.3 Å². The summed E-state index contributed by atoms with van der Waals surface area (Å²) >= 11 is 1.61. The number of carbonyl (C=O) groups excluding carboxylic acids is 3. The SMILES string of the molecule is COc1cc(C(=O)C2OC(=O)C=CC(=O)O2)ccc1OCCCN1C2CCC1CC(c1nsc3ccccc13)C2. The van der Waals surface area contributed by atoms with Crippen LogP contribution in [-0.4, -0.2) is 65.6 Å². The average Bonchev–Trinajstić information content (AvgIpc) is 3.43. The Morgan fingerprint density at radius 3 is 2.48 bits per heavy atom. The van der Waals surface area contributed by atoms with Gasteiger partial charge < -0.3 is 18.9 Å². The number of benzene rings is 2. The molecule has 3 aliphatic heterocycles.